The van der Waals surface area contributed by atoms with Crippen LogP contribution < -0.4 is 14.9 Å². The van der Waals surface area contributed by atoms with Crippen LogP contribution in [0.1, 0.15) is 16.7 Å². The third-order valence-electron chi connectivity index (χ3n) is 4.41. The summed E-state index contributed by atoms with van der Waals surface area (Å²) in [6, 6.07) is 18.4. The monoisotopic (exact) mass is 453 g/mol. The molecule has 32 heavy (non-hydrogen) atoms. The van der Waals surface area contributed by atoms with Gasteiger partial charge in [-0.05, 0) is 47.0 Å². The summed E-state index contributed by atoms with van der Waals surface area (Å²) in [6.45, 7) is 0.361. The molecule has 1 N–H and O–H groups in total. The summed E-state index contributed by atoms with van der Waals surface area (Å²) in [4.78, 5) is 22.2. The average Bonchev–Trinajstić information content (AvgIpc) is 2.79. The third-order valence-corrected chi connectivity index (χ3v) is 4.66. The fourth-order valence-electron chi connectivity index (χ4n) is 2.76. The van der Waals surface area contributed by atoms with Crippen molar-refractivity contribution in [3.05, 3.63) is 98.6 Å². The Kier molecular flexibility index (Phi) is 7.77. The van der Waals surface area contributed by atoms with Gasteiger partial charge in [-0.25, -0.2) is 5.43 Å². The first-order chi connectivity index (χ1) is 15.4. The van der Waals surface area contributed by atoms with Gasteiger partial charge in [-0.15, -0.1) is 0 Å². The van der Waals surface area contributed by atoms with Gasteiger partial charge in [0, 0.05) is 17.2 Å². The molecule has 9 heteroatoms. The number of benzene rings is 3. The van der Waals surface area contributed by atoms with Gasteiger partial charge in [0.25, 0.3) is 5.69 Å². The predicted octanol–water partition coefficient (Wildman–Crippen LogP) is 4.53. The van der Waals surface area contributed by atoms with Crippen molar-refractivity contribution in [2.45, 2.75) is 13.0 Å². The van der Waals surface area contributed by atoms with E-state index in [4.69, 9.17) is 21.1 Å². The first-order valence-electron chi connectivity index (χ1n) is 9.55. The van der Waals surface area contributed by atoms with Gasteiger partial charge in [0.2, 0.25) is 5.91 Å². The molecule has 8 nitrogen and oxygen atoms in total. The highest BCUT2D eigenvalue weighted by Gasteiger charge is 2.08. The number of carbonyl (C=O) groups is 1. The average molecular weight is 454 g/mol. The van der Waals surface area contributed by atoms with Crippen LogP contribution in [-0.4, -0.2) is 24.2 Å². The first kappa shape index (κ1) is 22.8. The van der Waals surface area contributed by atoms with Crippen LogP contribution in [0.5, 0.6) is 11.5 Å². The van der Waals surface area contributed by atoms with Gasteiger partial charge < -0.3 is 9.47 Å². The summed E-state index contributed by atoms with van der Waals surface area (Å²) < 4.78 is 11.2. The van der Waals surface area contributed by atoms with Crippen LogP contribution in [0.3, 0.4) is 0 Å². The summed E-state index contributed by atoms with van der Waals surface area (Å²) in [5.74, 6) is 0.756. The van der Waals surface area contributed by atoms with E-state index in [1.165, 1.54) is 37.6 Å². The molecular weight excluding hydrogens is 434 g/mol. The number of nitrogens with one attached hydrogen (secondary N) is 1. The molecule has 0 aromatic heterocycles. The van der Waals surface area contributed by atoms with Gasteiger partial charge in [-0.3, -0.25) is 14.9 Å². The molecule has 0 saturated heterocycles. The summed E-state index contributed by atoms with van der Waals surface area (Å²) in [5, 5.41) is 15.3. The molecule has 0 radical (unpaired) electrons. The zero-order chi connectivity index (χ0) is 22.9. The molecule has 0 aliphatic heterocycles. The zero-order valence-electron chi connectivity index (χ0n) is 17.2. The van der Waals surface area contributed by atoms with Gasteiger partial charge in [0.15, 0.2) is 11.5 Å². The van der Waals surface area contributed by atoms with E-state index in [-0.39, 0.29) is 18.0 Å². The van der Waals surface area contributed by atoms with E-state index in [1.807, 2.05) is 12.1 Å². The van der Waals surface area contributed by atoms with E-state index >= 15 is 0 Å². The molecule has 3 rings (SSSR count). The molecule has 0 spiro atoms. The normalized spacial score (nSPS) is 10.7. The number of methoxy groups -OCH3 is 1. The highest BCUT2D eigenvalue weighted by atomic mass is 35.5. The van der Waals surface area contributed by atoms with Crippen molar-refractivity contribution in [1.82, 2.24) is 5.43 Å². The zero-order valence-corrected chi connectivity index (χ0v) is 17.9. The Balaban J connectivity index is 1.55. The van der Waals surface area contributed by atoms with Crippen LogP contribution in [-0.2, 0) is 17.8 Å². The van der Waals surface area contributed by atoms with Gasteiger partial charge >= 0.3 is 0 Å². The number of hydrazone groups is 1. The van der Waals surface area contributed by atoms with Crippen LogP contribution in [0.2, 0.25) is 5.02 Å². The number of nitro benzene ring substituents is 1. The lowest BCUT2D eigenvalue weighted by atomic mass is 10.1. The van der Waals surface area contributed by atoms with Gasteiger partial charge in [0.05, 0.1) is 24.7 Å². The van der Waals surface area contributed by atoms with Crippen LogP contribution in [0.15, 0.2) is 71.8 Å². The van der Waals surface area contributed by atoms with Crippen LogP contribution in [0.4, 0.5) is 5.69 Å². The fourth-order valence-corrected chi connectivity index (χ4v) is 2.89. The van der Waals surface area contributed by atoms with Crippen LogP contribution in [0, 0.1) is 10.1 Å². The summed E-state index contributed by atoms with van der Waals surface area (Å²) in [5.41, 5.74) is 4.73. The van der Waals surface area contributed by atoms with Crippen molar-refractivity contribution < 1.29 is 19.2 Å². The number of nitrogens with zero attached hydrogens (tertiary/aromatic N) is 2. The summed E-state index contributed by atoms with van der Waals surface area (Å²) in [7, 11) is 1.54. The van der Waals surface area contributed by atoms with Gasteiger partial charge in [-0.1, -0.05) is 35.9 Å². The molecule has 3 aromatic carbocycles. The van der Waals surface area contributed by atoms with E-state index < -0.39 is 4.92 Å². The number of non-ortho nitro benzene ring substituents is 1. The predicted molar refractivity (Wildman–Crippen MR) is 121 cm³/mol. The molecule has 1 amide bonds. The number of carbonyl (C=O) groups excluding carboxylic acids is 1. The second kappa shape index (κ2) is 10.9. The molecule has 3 aromatic rings. The van der Waals surface area contributed by atoms with E-state index in [1.54, 1.807) is 30.3 Å². The molecule has 0 fully saturated rings. The van der Waals surface area contributed by atoms with Crippen molar-refractivity contribution in [2.75, 3.05) is 7.11 Å². The molecule has 0 saturated carbocycles. The maximum atomic E-state index is 12.0. The molecular formula is C23H20ClN3O5. The number of hydrogen-bond acceptors (Lipinski definition) is 6. The van der Waals surface area contributed by atoms with Crippen molar-refractivity contribution in [3.8, 4) is 11.5 Å². The van der Waals surface area contributed by atoms with Crippen molar-refractivity contribution in [1.29, 1.82) is 0 Å². The Bertz CT molecular complexity index is 1120. The largest absolute Gasteiger partial charge is 0.493 e. The Hall–Kier alpha value is -3.91. The first-order valence-corrected chi connectivity index (χ1v) is 9.93. The summed E-state index contributed by atoms with van der Waals surface area (Å²) >= 11 is 5.89. The van der Waals surface area contributed by atoms with E-state index in [0.717, 1.165) is 5.56 Å². The highest BCUT2D eigenvalue weighted by Crippen LogP contribution is 2.28. The standard InChI is InChI=1S/C23H20ClN3O5/c1-31-22-12-18(6-11-21(22)32-15-17-2-7-19(24)8-3-17)14-25-26-23(28)13-16-4-9-20(10-5-16)27(29)30/h2-12,14H,13,15H2,1H3,(H,26,28)/b25-14-. The number of nitro groups is 1. The lowest BCUT2D eigenvalue weighted by Crippen LogP contribution is -2.19. The van der Waals surface area contributed by atoms with E-state index in [9.17, 15) is 14.9 Å². The number of hydrogen-bond donors (Lipinski definition) is 1. The Labute approximate surface area is 189 Å². The molecule has 0 unspecified atom stereocenters. The number of amides is 1. The quantitative estimate of drug-likeness (QED) is 0.291. The molecule has 0 aliphatic carbocycles. The van der Waals surface area contributed by atoms with Crippen LogP contribution in [0.25, 0.3) is 0 Å². The number of ether oxygens (including phenoxy) is 2. The maximum absolute atomic E-state index is 12.0. The van der Waals surface area contributed by atoms with Crippen LogP contribution >= 0.6 is 11.6 Å². The second-order valence-corrected chi connectivity index (χ2v) is 7.16. The lowest BCUT2D eigenvalue weighted by molar-refractivity contribution is -0.384. The lowest BCUT2D eigenvalue weighted by Gasteiger charge is -2.11. The minimum atomic E-state index is -0.490. The minimum Gasteiger partial charge on any atom is -0.493 e. The van der Waals surface area contributed by atoms with Crippen molar-refractivity contribution in [3.63, 3.8) is 0 Å². The Morgan fingerprint density at radius 1 is 1.06 bits per heavy atom. The number of halogens is 1. The fraction of sp³-hybridized carbons (Fsp3) is 0.130. The van der Waals surface area contributed by atoms with Gasteiger partial charge in [0.1, 0.15) is 6.61 Å². The Morgan fingerprint density at radius 3 is 2.41 bits per heavy atom. The maximum Gasteiger partial charge on any atom is 0.269 e. The topological polar surface area (TPSA) is 103 Å². The van der Waals surface area contributed by atoms with Gasteiger partial charge in [-0.2, -0.15) is 5.10 Å². The van der Waals surface area contributed by atoms with E-state index in [2.05, 4.69) is 10.5 Å². The minimum absolute atomic E-state index is 0.0262. The molecule has 0 atom stereocenters. The smallest absolute Gasteiger partial charge is 0.269 e. The highest BCUT2D eigenvalue weighted by molar-refractivity contribution is 6.30. The van der Waals surface area contributed by atoms with E-state index in [0.29, 0.717) is 34.3 Å². The Morgan fingerprint density at radius 2 is 1.75 bits per heavy atom. The number of rotatable bonds is 9. The van der Waals surface area contributed by atoms with Crippen molar-refractivity contribution >= 4 is 29.4 Å². The molecule has 0 bridgehead atoms. The third kappa shape index (κ3) is 6.55. The van der Waals surface area contributed by atoms with Crippen molar-refractivity contribution in [2.24, 2.45) is 5.10 Å². The SMILES string of the molecule is COc1cc(/C=N\NC(=O)Cc2ccc([N+](=O)[O-])cc2)ccc1OCc1ccc(Cl)cc1. The second-order valence-electron chi connectivity index (χ2n) is 6.72. The molecule has 164 valence electrons. The molecule has 0 heterocycles. The summed E-state index contributed by atoms with van der Waals surface area (Å²) in [6.07, 6.45) is 1.54. The molecule has 0 aliphatic rings.